The van der Waals surface area contributed by atoms with Gasteiger partial charge in [0.15, 0.2) is 0 Å². The molecule has 0 aromatic carbocycles. The fraction of sp³-hybridized carbons (Fsp3) is 0.636. The number of hydrogen-bond donors (Lipinski definition) is 0. The number of carbonyl (C=O) groups excluding carboxylic acids is 2. The fourth-order valence-corrected chi connectivity index (χ4v) is 1.24. The quantitative estimate of drug-likeness (QED) is 0.389. The van der Waals surface area contributed by atoms with Crippen LogP contribution < -0.4 is 0 Å². The van der Waals surface area contributed by atoms with Gasteiger partial charge in [-0.2, -0.15) is 0 Å². The minimum absolute atomic E-state index is 0.0732. The topological polar surface area (TPSA) is 52.6 Å². The largest absolute Gasteiger partial charge is 0.461 e. The first-order chi connectivity index (χ1) is 7.43. The molecule has 5 heteroatoms. The maximum absolute atomic E-state index is 11.1. The summed E-state index contributed by atoms with van der Waals surface area (Å²) in [6, 6.07) is 0. The van der Waals surface area contributed by atoms with Crippen LogP contribution in [-0.4, -0.2) is 36.2 Å². The van der Waals surface area contributed by atoms with E-state index in [-0.39, 0.29) is 19.2 Å². The highest BCUT2D eigenvalue weighted by Crippen LogP contribution is 2.08. The first kappa shape index (κ1) is 15.0. The van der Waals surface area contributed by atoms with Gasteiger partial charge in [-0.3, -0.25) is 4.79 Å². The Morgan fingerprint density at radius 3 is 2.31 bits per heavy atom. The summed E-state index contributed by atoms with van der Waals surface area (Å²) in [6.07, 6.45) is 0. The molecule has 0 atom stereocenters. The summed E-state index contributed by atoms with van der Waals surface area (Å²) >= 11 is 1.51. The molecule has 0 amide bonds. The van der Waals surface area contributed by atoms with Crippen LogP contribution in [-0.2, 0) is 19.1 Å². The Kier molecular flexibility index (Phi) is 7.72. The van der Waals surface area contributed by atoms with Crippen molar-refractivity contribution in [2.75, 3.05) is 19.0 Å². The first-order valence-electron chi connectivity index (χ1n) is 5.03. The maximum atomic E-state index is 11.1. The average Bonchev–Trinajstić information content (AvgIpc) is 2.20. The van der Waals surface area contributed by atoms with Crippen molar-refractivity contribution < 1.29 is 19.1 Å². The smallest absolute Gasteiger partial charge is 0.333 e. The van der Waals surface area contributed by atoms with Crippen LogP contribution in [0.1, 0.15) is 20.8 Å². The molecule has 0 aromatic rings. The van der Waals surface area contributed by atoms with Crippen LogP contribution in [0.5, 0.6) is 0 Å². The highest BCUT2D eigenvalue weighted by molar-refractivity contribution is 8.00. The standard InChI is InChI=1S/C11H18O4S/c1-8(2)11(13)15-6-5-14-10(12)7-16-9(3)4/h9H,1,5-7H2,2-4H3. The van der Waals surface area contributed by atoms with Crippen molar-refractivity contribution in [1.29, 1.82) is 0 Å². The zero-order valence-corrected chi connectivity index (χ0v) is 10.8. The lowest BCUT2D eigenvalue weighted by Gasteiger charge is -2.07. The minimum atomic E-state index is -0.465. The molecular weight excluding hydrogens is 228 g/mol. The highest BCUT2D eigenvalue weighted by atomic mass is 32.2. The van der Waals surface area contributed by atoms with Gasteiger partial charge in [0.1, 0.15) is 13.2 Å². The van der Waals surface area contributed by atoms with E-state index in [2.05, 4.69) is 6.58 Å². The Labute approximate surface area is 100 Å². The van der Waals surface area contributed by atoms with Crippen molar-refractivity contribution in [1.82, 2.24) is 0 Å². The maximum Gasteiger partial charge on any atom is 0.333 e. The molecule has 0 fully saturated rings. The van der Waals surface area contributed by atoms with Crippen LogP contribution in [0.4, 0.5) is 0 Å². The van der Waals surface area contributed by atoms with Crippen molar-refractivity contribution in [3.8, 4) is 0 Å². The molecule has 0 saturated carbocycles. The molecule has 92 valence electrons. The van der Waals surface area contributed by atoms with Gasteiger partial charge < -0.3 is 9.47 Å². The van der Waals surface area contributed by atoms with Crippen molar-refractivity contribution in [3.05, 3.63) is 12.2 Å². The van der Waals surface area contributed by atoms with E-state index >= 15 is 0 Å². The number of rotatable bonds is 7. The molecule has 0 radical (unpaired) electrons. The Morgan fingerprint density at radius 1 is 1.25 bits per heavy atom. The zero-order valence-electron chi connectivity index (χ0n) is 9.95. The minimum Gasteiger partial charge on any atom is -0.461 e. The third kappa shape index (κ3) is 8.35. The zero-order chi connectivity index (χ0) is 12.6. The molecule has 0 aromatic heterocycles. The van der Waals surface area contributed by atoms with Crippen LogP contribution >= 0.6 is 11.8 Å². The van der Waals surface area contributed by atoms with Crippen molar-refractivity contribution in [2.45, 2.75) is 26.0 Å². The van der Waals surface area contributed by atoms with Crippen LogP contribution in [0.25, 0.3) is 0 Å². The molecule has 0 rings (SSSR count). The van der Waals surface area contributed by atoms with Gasteiger partial charge in [-0.05, 0) is 12.2 Å². The van der Waals surface area contributed by atoms with Gasteiger partial charge in [-0.15, -0.1) is 11.8 Å². The summed E-state index contributed by atoms with van der Waals surface area (Å²) in [7, 11) is 0. The van der Waals surface area contributed by atoms with E-state index in [0.717, 1.165) is 0 Å². The van der Waals surface area contributed by atoms with E-state index in [4.69, 9.17) is 9.47 Å². The summed E-state index contributed by atoms with van der Waals surface area (Å²) < 4.78 is 9.61. The lowest BCUT2D eigenvalue weighted by atomic mass is 10.4. The van der Waals surface area contributed by atoms with Gasteiger partial charge in [-0.25, -0.2) is 4.79 Å². The van der Waals surface area contributed by atoms with Crippen molar-refractivity contribution >= 4 is 23.7 Å². The predicted octanol–water partition coefficient (Wildman–Crippen LogP) is 1.79. The van der Waals surface area contributed by atoms with E-state index in [1.807, 2.05) is 13.8 Å². The van der Waals surface area contributed by atoms with E-state index in [9.17, 15) is 9.59 Å². The molecule has 16 heavy (non-hydrogen) atoms. The Bertz CT molecular complexity index is 261. The summed E-state index contributed by atoms with van der Waals surface area (Å²) in [5.74, 6) is -0.427. The third-order valence-corrected chi connectivity index (χ3v) is 2.53. The van der Waals surface area contributed by atoms with E-state index in [0.29, 0.717) is 16.6 Å². The van der Waals surface area contributed by atoms with Gasteiger partial charge in [-0.1, -0.05) is 20.4 Å². The Hall–Kier alpha value is -0.970. The predicted molar refractivity (Wildman–Crippen MR) is 64.3 cm³/mol. The number of thioether (sulfide) groups is 1. The third-order valence-electron chi connectivity index (χ3n) is 1.46. The number of carbonyl (C=O) groups is 2. The Morgan fingerprint density at radius 2 is 1.81 bits per heavy atom. The van der Waals surface area contributed by atoms with Gasteiger partial charge in [0.25, 0.3) is 0 Å². The molecule has 0 heterocycles. The van der Waals surface area contributed by atoms with Crippen LogP contribution in [0.3, 0.4) is 0 Å². The van der Waals surface area contributed by atoms with Crippen LogP contribution in [0.15, 0.2) is 12.2 Å². The number of esters is 2. The second-order valence-electron chi connectivity index (χ2n) is 3.50. The molecule has 0 saturated heterocycles. The second kappa shape index (κ2) is 8.21. The van der Waals surface area contributed by atoms with E-state index in [1.54, 1.807) is 6.92 Å². The molecule has 0 aliphatic carbocycles. The average molecular weight is 246 g/mol. The molecule has 0 bridgehead atoms. The molecule has 0 spiro atoms. The molecule has 0 N–H and O–H groups in total. The lowest BCUT2D eigenvalue weighted by molar-refractivity contribution is -0.148. The normalized spacial score (nSPS) is 10.0. The monoisotopic (exact) mass is 246 g/mol. The fourth-order valence-electron chi connectivity index (χ4n) is 0.689. The van der Waals surface area contributed by atoms with Gasteiger partial charge in [0, 0.05) is 5.57 Å². The molecular formula is C11H18O4S. The molecule has 0 aliphatic rings. The van der Waals surface area contributed by atoms with Crippen molar-refractivity contribution in [3.63, 3.8) is 0 Å². The van der Waals surface area contributed by atoms with Crippen molar-refractivity contribution in [2.24, 2.45) is 0 Å². The second-order valence-corrected chi connectivity index (χ2v) is 5.06. The molecule has 4 nitrogen and oxygen atoms in total. The summed E-state index contributed by atoms with van der Waals surface area (Å²) in [4.78, 5) is 22.1. The summed E-state index contributed by atoms with van der Waals surface area (Å²) in [6.45, 7) is 9.18. The molecule has 0 aliphatic heterocycles. The SMILES string of the molecule is C=C(C)C(=O)OCCOC(=O)CSC(C)C. The van der Waals surface area contributed by atoms with E-state index in [1.165, 1.54) is 11.8 Å². The Balaban J connectivity index is 3.48. The van der Waals surface area contributed by atoms with Crippen LogP contribution in [0.2, 0.25) is 0 Å². The highest BCUT2D eigenvalue weighted by Gasteiger charge is 2.06. The van der Waals surface area contributed by atoms with Gasteiger partial charge in [0.05, 0.1) is 5.75 Å². The van der Waals surface area contributed by atoms with Gasteiger partial charge >= 0.3 is 11.9 Å². The summed E-state index contributed by atoms with van der Waals surface area (Å²) in [5.41, 5.74) is 0.335. The van der Waals surface area contributed by atoms with E-state index < -0.39 is 5.97 Å². The first-order valence-corrected chi connectivity index (χ1v) is 6.08. The van der Waals surface area contributed by atoms with Gasteiger partial charge in [0.2, 0.25) is 0 Å². The van der Waals surface area contributed by atoms with Crippen LogP contribution in [0, 0.1) is 0 Å². The number of hydrogen-bond acceptors (Lipinski definition) is 5. The lowest BCUT2D eigenvalue weighted by Crippen LogP contribution is -2.15. The summed E-state index contributed by atoms with van der Waals surface area (Å²) in [5, 5.41) is 0.397. The number of ether oxygens (including phenoxy) is 2. The molecule has 0 unspecified atom stereocenters.